The first-order valence-corrected chi connectivity index (χ1v) is 10.4. The van der Waals surface area contributed by atoms with Crippen LogP contribution in [-0.4, -0.2) is 63.3 Å². The largest absolute Gasteiger partial charge is 0.442 e. The SMILES string of the molecule is CC(=O)c1ccccc1C(=O)NC[C@H]1CN(c2ccc(N3CCOCC3)c(F)c2)C(=O)O1. The molecule has 168 valence electrons. The Morgan fingerprint density at radius 2 is 1.84 bits per heavy atom. The van der Waals surface area contributed by atoms with Crippen molar-refractivity contribution in [2.45, 2.75) is 13.0 Å². The lowest BCUT2D eigenvalue weighted by atomic mass is 10.0. The molecule has 2 aliphatic rings. The number of hydrogen-bond acceptors (Lipinski definition) is 6. The van der Waals surface area contributed by atoms with Gasteiger partial charge in [-0.05, 0) is 31.2 Å². The van der Waals surface area contributed by atoms with Crippen LogP contribution in [0.25, 0.3) is 0 Å². The summed E-state index contributed by atoms with van der Waals surface area (Å²) in [5, 5.41) is 2.70. The van der Waals surface area contributed by atoms with Crippen molar-refractivity contribution in [3.8, 4) is 0 Å². The number of halogens is 1. The second kappa shape index (κ2) is 9.35. The highest BCUT2D eigenvalue weighted by molar-refractivity contribution is 6.07. The van der Waals surface area contributed by atoms with Gasteiger partial charge in [0, 0.05) is 18.7 Å². The van der Waals surface area contributed by atoms with Gasteiger partial charge in [-0.25, -0.2) is 9.18 Å². The van der Waals surface area contributed by atoms with Crippen LogP contribution in [0.1, 0.15) is 27.6 Å². The first-order valence-electron chi connectivity index (χ1n) is 10.4. The van der Waals surface area contributed by atoms with E-state index in [2.05, 4.69) is 5.32 Å². The zero-order valence-corrected chi connectivity index (χ0v) is 17.7. The average molecular weight is 441 g/mol. The predicted octanol–water partition coefficient (Wildman–Crippen LogP) is 2.62. The Hall–Kier alpha value is -3.46. The van der Waals surface area contributed by atoms with E-state index in [4.69, 9.17) is 9.47 Å². The molecule has 0 spiro atoms. The lowest BCUT2D eigenvalue weighted by molar-refractivity contribution is 0.0907. The third-order valence-electron chi connectivity index (χ3n) is 5.51. The third-order valence-corrected chi connectivity index (χ3v) is 5.51. The standard InChI is InChI=1S/C23H24FN3O5/c1-15(28)18-4-2-3-5-19(18)22(29)25-13-17-14-27(23(30)32-17)16-6-7-21(20(24)12-16)26-8-10-31-11-9-26/h2-7,12,17H,8-11,13-14H2,1H3,(H,25,29)/t17-/m0/s1. The molecule has 2 aromatic carbocycles. The number of Topliss-reactive ketones (excluding diaryl/α,β-unsaturated/α-hetero) is 1. The molecule has 1 atom stereocenters. The van der Waals surface area contributed by atoms with Crippen molar-refractivity contribution in [3.63, 3.8) is 0 Å². The minimum absolute atomic E-state index is 0.0711. The molecule has 2 saturated heterocycles. The predicted molar refractivity (Wildman–Crippen MR) is 116 cm³/mol. The molecule has 2 amide bonds. The van der Waals surface area contributed by atoms with E-state index in [0.717, 1.165) is 0 Å². The van der Waals surface area contributed by atoms with Gasteiger partial charge in [0.15, 0.2) is 5.78 Å². The highest BCUT2D eigenvalue weighted by Gasteiger charge is 2.33. The number of benzene rings is 2. The number of cyclic esters (lactones) is 1. The number of ether oxygens (including phenoxy) is 2. The van der Waals surface area contributed by atoms with E-state index < -0.39 is 23.9 Å². The van der Waals surface area contributed by atoms with E-state index in [-0.39, 0.29) is 24.4 Å². The summed E-state index contributed by atoms with van der Waals surface area (Å²) in [6, 6.07) is 11.2. The van der Waals surface area contributed by atoms with Crippen molar-refractivity contribution in [2.75, 3.05) is 49.2 Å². The van der Waals surface area contributed by atoms with Gasteiger partial charge in [-0.3, -0.25) is 14.5 Å². The summed E-state index contributed by atoms with van der Waals surface area (Å²) >= 11 is 0. The molecule has 0 saturated carbocycles. The Morgan fingerprint density at radius 3 is 2.53 bits per heavy atom. The molecule has 2 aliphatic heterocycles. The summed E-state index contributed by atoms with van der Waals surface area (Å²) in [4.78, 5) is 39.8. The molecule has 8 nitrogen and oxygen atoms in total. The van der Waals surface area contributed by atoms with Gasteiger partial charge in [-0.2, -0.15) is 0 Å². The fourth-order valence-electron chi connectivity index (χ4n) is 3.85. The number of rotatable bonds is 6. The van der Waals surface area contributed by atoms with Crippen LogP contribution in [0.2, 0.25) is 0 Å². The maximum Gasteiger partial charge on any atom is 0.414 e. The lowest BCUT2D eigenvalue weighted by Crippen LogP contribution is -2.37. The number of nitrogens with one attached hydrogen (secondary N) is 1. The van der Waals surface area contributed by atoms with Crippen LogP contribution in [0.15, 0.2) is 42.5 Å². The van der Waals surface area contributed by atoms with Gasteiger partial charge in [-0.1, -0.05) is 18.2 Å². The molecule has 0 radical (unpaired) electrons. The fourth-order valence-corrected chi connectivity index (χ4v) is 3.85. The van der Waals surface area contributed by atoms with Gasteiger partial charge >= 0.3 is 6.09 Å². The van der Waals surface area contributed by atoms with Crippen LogP contribution >= 0.6 is 0 Å². The van der Waals surface area contributed by atoms with Crippen LogP contribution in [-0.2, 0) is 9.47 Å². The van der Waals surface area contributed by atoms with Crippen molar-refractivity contribution < 1.29 is 28.2 Å². The van der Waals surface area contributed by atoms with Gasteiger partial charge in [-0.15, -0.1) is 0 Å². The van der Waals surface area contributed by atoms with Gasteiger partial charge < -0.3 is 19.7 Å². The van der Waals surface area contributed by atoms with E-state index in [1.165, 1.54) is 17.9 Å². The average Bonchev–Trinajstić information content (AvgIpc) is 3.18. The molecule has 9 heteroatoms. The Balaban J connectivity index is 1.39. The van der Waals surface area contributed by atoms with E-state index in [1.807, 2.05) is 4.90 Å². The summed E-state index contributed by atoms with van der Waals surface area (Å²) in [5.41, 5.74) is 1.45. The van der Waals surface area contributed by atoms with Crippen molar-refractivity contribution >= 4 is 29.2 Å². The highest BCUT2D eigenvalue weighted by atomic mass is 19.1. The monoisotopic (exact) mass is 441 g/mol. The Kier molecular flexibility index (Phi) is 6.36. The Bertz CT molecular complexity index is 1040. The molecule has 0 bridgehead atoms. The maximum atomic E-state index is 14.7. The number of hydrogen-bond donors (Lipinski definition) is 1. The molecule has 1 N–H and O–H groups in total. The van der Waals surface area contributed by atoms with Crippen molar-refractivity contribution in [1.29, 1.82) is 0 Å². The van der Waals surface area contributed by atoms with E-state index in [9.17, 15) is 18.8 Å². The lowest BCUT2D eigenvalue weighted by Gasteiger charge is -2.29. The molecule has 4 rings (SSSR count). The summed E-state index contributed by atoms with van der Waals surface area (Å²) in [7, 11) is 0. The number of amides is 2. The van der Waals surface area contributed by atoms with Gasteiger partial charge in [0.1, 0.15) is 11.9 Å². The first kappa shape index (κ1) is 21.8. The molecule has 32 heavy (non-hydrogen) atoms. The summed E-state index contributed by atoms with van der Waals surface area (Å²) in [5.74, 6) is -1.06. The second-order valence-electron chi connectivity index (χ2n) is 7.66. The quantitative estimate of drug-likeness (QED) is 0.694. The number of carbonyl (C=O) groups is 3. The summed E-state index contributed by atoms with van der Waals surface area (Å²) < 4.78 is 25.3. The zero-order chi connectivity index (χ0) is 22.7. The van der Waals surface area contributed by atoms with E-state index in [0.29, 0.717) is 43.2 Å². The first-order chi connectivity index (χ1) is 15.4. The van der Waals surface area contributed by atoms with Crippen molar-refractivity contribution in [1.82, 2.24) is 5.32 Å². The summed E-state index contributed by atoms with van der Waals surface area (Å²) in [6.07, 6.45) is -1.20. The molecule has 0 aromatic heterocycles. The number of anilines is 2. The number of nitrogens with zero attached hydrogens (tertiary/aromatic N) is 2. The minimum atomic E-state index is -0.605. The van der Waals surface area contributed by atoms with Gasteiger partial charge in [0.25, 0.3) is 5.91 Å². The maximum absolute atomic E-state index is 14.7. The molecule has 2 aromatic rings. The molecule has 2 heterocycles. The van der Waals surface area contributed by atoms with E-state index >= 15 is 0 Å². The van der Waals surface area contributed by atoms with Gasteiger partial charge in [0.2, 0.25) is 0 Å². The van der Waals surface area contributed by atoms with Crippen molar-refractivity contribution in [3.05, 3.63) is 59.4 Å². The Labute approximate surface area is 184 Å². The highest BCUT2D eigenvalue weighted by Crippen LogP contribution is 2.28. The molecular weight excluding hydrogens is 417 g/mol. The molecule has 0 unspecified atom stereocenters. The van der Waals surface area contributed by atoms with Crippen LogP contribution in [0, 0.1) is 5.82 Å². The normalized spacial score (nSPS) is 18.4. The topological polar surface area (TPSA) is 88.2 Å². The van der Waals surface area contributed by atoms with Crippen molar-refractivity contribution in [2.24, 2.45) is 0 Å². The fraction of sp³-hybridized carbons (Fsp3) is 0.348. The summed E-state index contributed by atoms with van der Waals surface area (Å²) in [6.45, 7) is 3.94. The second-order valence-corrected chi connectivity index (χ2v) is 7.66. The smallest absolute Gasteiger partial charge is 0.414 e. The van der Waals surface area contributed by atoms with Crippen LogP contribution < -0.4 is 15.1 Å². The number of carbonyl (C=O) groups excluding carboxylic acids is 3. The van der Waals surface area contributed by atoms with Crippen LogP contribution in [0.3, 0.4) is 0 Å². The molecule has 2 fully saturated rings. The van der Waals surface area contributed by atoms with Crippen LogP contribution in [0.4, 0.5) is 20.6 Å². The molecular formula is C23H24FN3O5. The van der Waals surface area contributed by atoms with Crippen LogP contribution in [0.5, 0.6) is 0 Å². The van der Waals surface area contributed by atoms with Gasteiger partial charge in [0.05, 0.1) is 43.2 Å². The number of morpholine rings is 1. The number of ketones is 1. The van der Waals surface area contributed by atoms with E-state index in [1.54, 1.807) is 36.4 Å². The Morgan fingerprint density at radius 1 is 1.12 bits per heavy atom. The molecule has 0 aliphatic carbocycles. The third kappa shape index (κ3) is 4.57. The zero-order valence-electron chi connectivity index (χ0n) is 17.7. The minimum Gasteiger partial charge on any atom is -0.442 e.